The minimum Gasteiger partial charge on any atom is -0.497 e. The highest BCUT2D eigenvalue weighted by Gasteiger charge is 2.28. The van der Waals surface area contributed by atoms with Crippen molar-refractivity contribution in [2.75, 3.05) is 20.3 Å². The van der Waals surface area contributed by atoms with Crippen LogP contribution in [0.2, 0.25) is 0 Å². The lowest BCUT2D eigenvalue weighted by atomic mass is 10.3. The second-order valence-corrected chi connectivity index (χ2v) is 6.18. The maximum Gasteiger partial charge on any atom is 0.530 e. The average molecular weight is 316 g/mol. The fraction of sp³-hybridized carbons (Fsp3) is 0.600. The van der Waals surface area contributed by atoms with E-state index >= 15 is 0 Å². The molecule has 21 heavy (non-hydrogen) atoms. The summed E-state index contributed by atoms with van der Waals surface area (Å²) in [6, 6.07) is 6.82. The summed E-state index contributed by atoms with van der Waals surface area (Å²) in [7, 11) is -1.98. The zero-order valence-corrected chi connectivity index (χ0v) is 13.9. The summed E-state index contributed by atoms with van der Waals surface area (Å²) in [5.74, 6) is 1.14. The molecule has 0 aliphatic carbocycles. The number of hydrogen-bond donors (Lipinski definition) is 0. The Morgan fingerprint density at radius 1 is 0.905 bits per heavy atom. The number of hydrogen-bond acceptors (Lipinski definition) is 5. The summed E-state index contributed by atoms with van der Waals surface area (Å²) in [5.41, 5.74) is 0. The van der Waals surface area contributed by atoms with Gasteiger partial charge in [0, 0.05) is 0 Å². The molecule has 0 fully saturated rings. The molecule has 0 amide bonds. The van der Waals surface area contributed by atoms with Crippen LogP contribution >= 0.6 is 7.82 Å². The monoisotopic (exact) mass is 316 g/mol. The fourth-order valence-electron chi connectivity index (χ4n) is 1.50. The van der Waals surface area contributed by atoms with Crippen molar-refractivity contribution in [3.05, 3.63) is 24.3 Å². The highest BCUT2D eigenvalue weighted by atomic mass is 31.2. The molecule has 0 heterocycles. The molecule has 0 atom stereocenters. The molecule has 0 radical (unpaired) electrons. The Bertz CT molecular complexity index is 418. The molecule has 0 N–H and O–H groups in total. The molecule has 1 aromatic rings. The zero-order chi connectivity index (χ0) is 15.6. The van der Waals surface area contributed by atoms with Crippen LogP contribution in [0, 0.1) is 0 Å². The second kappa shape index (κ2) is 9.82. The van der Waals surface area contributed by atoms with E-state index in [1.54, 1.807) is 31.4 Å². The summed E-state index contributed by atoms with van der Waals surface area (Å²) in [6.45, 7) is 4.79. The van der Waals surface area contributed by atoms with Crippen molar-refractivity contribution in [3.63, 3.8) is 0 Å². The standard InChI is InChI=1S/C15H25O5P/c1-4-6-12-18-21(16,19-13-7-5-2)20-15-10-8-14(17-3)9-11-15/h8-11H,4-7,12-13H2,1-3H3. The topological polar surface area (TPSA) is 54.0 Å². The molecular weight excluding hydrogens is 291 g/mol. The van der Waals surface area contributed by atoms with Gasteiger partial charge in [-0.15, -0.1) is 0 Å². The Morgan fingerprint density at radius 3 is 1.81 bits per heavy atom. The quantitative estimate of drug-likeness (QED) is 0.433. The third-order valence-electron chi connectivity index (χ3n) is 2.77. The van der Waals surface area contributed by atoms with Crippen LogP contribution < -0.4 is 9.26 Å². The molecule has 0 saturated heterocycles. The number of methoxy groups -OCH3 is 1. The van der Waals surface area contributed by atoms with Crippen LogP contribution in [0.3, 0.4) is 0 Å². The van der Waals surface area contributed by atoms with Crippen molar-refractivity contribution in [3.8, 4) is 11.5 Å². The molecule has 0 spiro atoms. The number of benzene rings is 1. The van der Waals surface area contributed by atoms with Gasteiger partial charge in [0.15, 0.2) is 0 Å². The van der Waals surface area contributed by atoms with Gasteiger partial charge in [-0.25, -0.2) is 4.57 Å². The number of phosphoric ester groups is 1. The summed E-state index contributed by atoms with van der Waals surface area (Å²) in [4.78, 5) is 0. The van der Waals surface area contributed by atoms with Crippen LogP contribution in [0.25, 0.3) is 0 Å². The summed E-state index contributed by atoms with van der Waals surface area (Å²) < 4.78 is 33.8. The van der Waals surface area contributed by atoms with E-state index < -0.39 is 7.82 Å². The van der Waals surface area contributed by atoms with Crippen molar-refractivity contribution in [2.45, 2.75) is 39.5 Å². The van der Waals surface area contributed by atoms with Crippen LogP contribution in [0.5, 0.6) is 11.5 Å². The molecule has 0 saturated carbocycles. The summed E-state index contributed by atoms with van der Waals surface area (Å²) in [5, 5.41) is 0. The third kappa shape index (κ3) is 6.98. The SMILES string of the molecule is CCCCOP(=O)(OCCCC)Oc1ccc(OC)cc1. The van der Waals surface area contributed by atoms with Gasteiger partial charge >= 0.3 is 7.82 Å². The third-order valence-corrected chi connectivity index (χ3v) is 4.20. The normalized spacial score (nSPS) is 11.4. The first kappa shape index (κ1) is 18.0. The van der Waals surface area contributed by atoms with E-state index in [0.717, 1.165) is 25.7 Å². The van der Waals surface area contributed by atoms with Gasteiger partial charge in [-0.05, 0) is 37.1 Å². The molecule has 0 unspecified atom stereocenters. The summed E-state index contributed by atoms with van der Waals surface area (Å²) >= 11 is 0. The van der Waals surface area contributed by atoms with Crippen LogP contribution in [-0.4, -0.2) is 20.3 Å². The number of rotatable bonds is 11. The molecule has 0 aromatic heterocycles. The molecule has 120 valence electrons. The molecule has 5 nitrogen and oxygen atoms in total. The van der Waals surface area contributed by atoms with Gasteiger partial charge in [-0.2, -0.15) is 0 Å². The minimum atomic E-state index is -3.57. The van der Waals surface area contributed by atoms with E-state index in [9.17, 15) is 4.57 Å². The van der Waals surface area contributed by atoms with E-state index in [1.807, 2.05) is 13.8 Å². The first-order chi connectivity index (χ1) is 10.1. The largest absolute Gasteiger partial charge is 0.530 e. The van der Waals surface area contributed by atoms with E-state index in [-0.39, 0.29) is 0 Å². The Hall–Kier alpha value is -1.03. The Morgan fingerprint density at radius 2 is 1.38 bits per heavy atom. The maximum atomic E-state index is 12.6. The van der Waals surface area contributed by atoms with Crippen molar-refractivity contribution in [1.29, 1.82) is 0 Å². The lowest BCUT2D eigenvalue weighted by Gasteiger charge is -2.18. The molecule has 0 aliphatic rings. The number of phosphoric acid groups is 1. The lowest BCUT2D eigenvalue weighted by molar-refractivity contribution is 0.152. The molecule has 1 aromatic carbocycles. The average Bonchev–Trinajstić information content (AvgIpc) is 2.48. The second-order valence-electron chi connectivity index (χ2n) is 4.59. The van der Waals surface area contributed by atoms with Crippen LogP contribution in [0.1, 0.15) is 39.5 Å². The Labute approximate surface area is 127 Å². The molecule has 6 heteroatoms. The van der Waals surface area contributed by atoms with Crippen LogP contribution in [0.4, 0.5) is 0 Å². The van der Waals surface area contributed by atoms with Crippen molar-refractivity contribution in [2.24, 2.45) is 0 Å². The van der Waals surface area contributed by atoms with Gasteiger partial charge in [0.1, 0.15) is 11.5 Å². The number of unbranched alkanes of at least 4 members (excludes halogenated alkanes) is 2. The van der Waals surface area contributed by atoms with Gasteiger partial charge in [0.05, 0.1) is 20.3 Å². The van der Waals surface area contributed by atoms with Crippen molar-refractivity contribution >= 4 is 7.82 Å². The van der Waals surface area contributed by atoms with Gasteiger partial charge in [0.2, 0.25) is 0 Å². The fourth-order valence-corrected chi connectivity index (χ4v) is 2.76. The molecule has 0 bridgehead atoms. The lowest BCUT2D eigenvalue weighted by Crippen LogP contribution is -2.05. The Kier molecular flexibility index (Phi) is 8.43. The highest BCUT2D eigenvalue weighted by Crippen LogP contribution is 2.49. The zero-order valence-electron chi connectivity index (χ0n) is 13.0. The van der Waals surface area contributed by atoms with E-state index in [0.29, 0.717) is 24.7 Å². The number of ether oxygens (including phenoxy) is 1. The van der Waals surface area contributed by atoms with Gasteiger partial charge < -0.3 is 9.26 Å². The van der Waals surface area contributed by atoms with Gasteiger partial charge in [-0.3, -0.25) is 9.05 Å². The first-order valence-electron chi connectivity index (χ1n) is 7.36. The predicted octanol–water partition coefficient (Wildman–Crippen LogP) is 4.82. The van der Waals surface area contributed by atoms with E-state index in [4.69, 9.17) is 18.3 Å². The van der Waals surface area contributed by atoms with Gasteiger partial charge in [-0.1, -0.05) is 26.7 Å². The van der Waals surface area contributed by atoms with E-state index in [2.05, 4.69) is 0 Å². The first-order valence-corrected chi connectivity index (χ1v) is 8.82. The van der Waals surface area contributed by atoms with Crippen LogP contribution in [0.15, 0.2) is 24.3 Å². The Balaban J connectivity index is 2.66. The smallest absolute Gasteiger partial charge is 0.497 e. The molecular formula is C15H25O5P. The minimum absolute atomic E-state index is 0.357. The molecule has 0 aliphatic heterocycles. The van der Waals surface area contributed by atoms with E-state index in [1.165, 1.54) is 0 Å². The maximum absolute atomic E-state index is 12.6. The van der Waals surface area contributed by atoms with Gasteiger partial charge in [0.25, 0.3) is 0 Å². The predicted molar refractivity (Wildman–Crippen MR) is 82.9 cm³/mol. The van der Waals surface area contributed by atoms with Crippen LogP contribution in [-0.2, 0) is 13.6 Å². The summed E-state index contributed by atoms with van der Waals surface area (Å²) in [6.07, 6.45) is 3.54. The molecule has 1 rings (SSSR count). The van der Waals surface area contributed by atoms with Crippen molar-refractivity contribution < 1.29 is 22.9 Å². The highest BCUT2D eigenvalue weighted by molar-refractivity contribution is 7.48. The van der Waals surface area contributed by atoms with Crippen molar-refractivity contribution in [1.82, 2.24) is 0 Å².